The predicted octanol–water partition coefficient (Wildman–Crippen LogP) is 2.71. The number of ether oxygens (including phenoxy) is 8. The molecule has 1 saturated heterocycles. The van der Waals surface area contributed by atoms with Gasteiger partial charge in [0.25, 0.3) is 5.24 Å². The molecule has 1 amide bonds. The molecule has 2 aliphatic rings. The van der Waals surface area contributed by atoms with Gasteiger partial charge in [0.05, 0.1) is 27.4 Å². The number of methoxy groups -OCH3 is 3. The molecule has 284 valence electrons. The molecular formula is C34H42N2O15S. The Morgan fingerprint density at radius 3 is 1.94 bits per heavy atom. The van der Waals surface area contributed by atoms with Gasteiger partial charge in [-0.3, -0.25) is 24.0 Å². The Bertz CT molecular complexity index is 1640. The SMILES string of the molecule is COc1cc(C[C@H]2c3cc(O)c(O)cc3CCN2C(=O)SN[C@@H]2O[C@H](COC(C)=O)[C@@H](OC(C)=O)[C@H](OC(C)=O)[C@H]2OC(C)=O)cc(OC)c1OC. The van der Waals surface area contributed by atoms with Crippen LogP contribution in [0.4, 0.5) is 4.79 Å². The highest BCUT2D eigenvalue weighted by Crippen LogP contribution is 2.43. The average molecular weight is 751 g/mol. The van der Waals surface area contributed by atoms with E-state index in [0.29, 0.717) is 52.3 Å². The highest BCUT2D eigenvalue weighted by atomic mass is 32.2. The van der Waals surface area contributed by atoms with Crippen molar-refractivity contribution >= 4 is 41.1 Å². The Hall–Kier alpha value is -4.94. The molecule has 0 unspecified atom stereocenters. The zero-order valence-electron chi connectivity index (χ0n) is 29.7. The van der Waals surface area contributed by atoms with Crippen molar-refractivity contribution in [3.05, 3.63) is 41.0 Å². The summed E-state index contributed by atoms with van der Waals surface area (Å²) in [6.07, 6.45) is -6.27. The molecule has 6 atom stereocenters. The number of hydrogen-bond acceptors (Lipinski definition) is 17. The van der Waals surface area contributed by atoms with Crippen LogP contribution >= 0.6 is 11.9 Å². The lowest BCUT2D eigenvalue weighted by Crippen LogP contribution is -2.65. The van der Waals surface area contributed by atoms with Crippen LogP contribution in [0.25, 0.3) is 0 Å². The van der Waals surface area contributed by atoms with Crippen molar-refractivity contribution in [2.75, 3.05) is 34.5 Å². The van der Waals surface area contributed by atoms with Crippen molar-refractivity contribution in [1.29, 1.82) is 0 Å². The maximum absolute atomic E-state index is 14.1. The zero-order chi connectivity index (χ0) is 38.3. The summed E-state index contributed by atoms with van der Waals surface area (Å²) in [4.78, 5) is 63.9. The first kappa shape index (κ1) is 39.8. The van der Waals surface area contributed by atoms with Gasteiger partial charge in [-0.25, -0.2) is 4.72 Å². The van der Waals surface area contributed by atoms with Gasteiger partial charge in [0, 0.05) is 46.2 Å². The van der Waals surface area contributed by atoms with Crippen LogP contribution in [0.5, 0.6) is 28.7 Å². The molecule has 18 heteroatoms. The summed E-state index contributed by atoms with van der Waals surface area (Å²) in [6.45, 7) is 4.24. The third kappa shape index (κ3) is 9.48. The molecule has 0 spiro atoms. The standard InChI is InChI=1S/C34H42N2O15S/c1-16(37)47-15-28-30(48-17(2)38)31(49-18(3)39)32(50-19(4)40)33(51-28)35-52-34(43)36-9-8-21-13-24(41)25(42)14-22(21)23(36)10-20-11-26(44-5)29(46-7)27(12-20)45-6/h11-14,23,28,30-33,35,41-42H,8-10,15H2,1-7H3/t23-,28+,30+,31-,32+,33+/m0/s1. The number of nitrogens with zero attached hydrogens (tertiary/aromatic N) is 1. The molecule has 2 aliphatic heterocycles. The van der Waals surface area contributed by atoms with Crippen molar-refractivity contribution in [3.63, 3.8) is 0 Å². The number of carbonyl (C=O) groups excluding carboxylic acids is 5. The van der Waals surface area contributed by atoms with Crippen LogP contribution in [-0.2, 0) is 55.7 Å². The Labute approximate surface area is 303 Å². The number of esters is 4. The lowest BCUT2D eigenvalue weighted by atomic mass is 9.88. The fourth-order valence-electron chi connectivity index (χ4n) is 6.13. The van der Waals surface area contributed by atoms with Crippen LogP contribution < -0.4 is 18.9 Å². The third-order valence-electron chi connectivity index (χ3n) is 8.23. The highest BCUT2D eigenvalue weighted by Gasteiger charge is 2.52. The second-order valence-corrected chi connectivity index (χ2v) is 12.6. The first-order chi connectivity index (χ1) is 24.7. The normalized spacial score (nSPS) is 22.3. The van der Waals surface area contributed by atoms with Crippen LogP contribution in [0.2, 0.25) is 0 Å². The topological polar surface area (TPSA) is 215 Å². The first-order valence-electron chi connectivity index (χ1n) is 16.0. The van der Waals surface area contributed by atoms with Gasteiger partial charge in [-0.05, 0) is 53.8 Å². The first-order valence-corrected chi connectivity index (χ1v) is 16.9. The molecule has 0 radical (unpaired) electrons. The van der Waals surface area contributed by atoms with E-state index in [1.54, 1.807) is 17.0 Å². The van der Waals surface area contributed by atoms with Crippen LogP contribution in [0.1, 0.15) is 50.4 Å². The molecule has 2 heterocycles. The highest BCUT2D eigenvalue weighted by molar-refractivity contribution is 8.11. The summed E-state index contributed by atoms with van der Waals surface area (Å²) in [5, 5.41) is 20.2. The van der Waals surface area contributed by atoms with Crippen LogP contribution in [-0.4, -0.2) is 109 Å². The molecule has 52 heavy (non-hydrogen) atoms. The van der Waals surface area contributed by atoms with Gasteiger partial charge in [-0.1, -0.05) is 0 Å². The Balaban J connectivity index is 1.68. The Morgan fingerprint density at radius 2 is 1.38 bits per heavy atom. The largest absolute Gasteiger partial charge is 0.504 e. The number of aromatic hydroxyl groups is 2. The minimum atomic E-state index is -1.43. The fourth-order valence-corrected chi connectivity index (χ4v) is 6.88. The van der Waals surface area contributed by atoms with Gasteiger partial charge >= 0.3 is 23.9 Å². The smallest absolute Gasteiger partial charge is 0.303 e. The van der Waals surface area contributed by atoms with Gasteiger partial charge in [0.15, 0.2) is 47.5 Å². The number of benzene rings is 2. The Morgan fingerprint density at radius 1 is 0.808 bits per heavy atom. The van der Waals surface area contributed by atoms with Gasteiger partial charge in [-0.2, -0.15) is 0 Å². The molecule has 2 aromatic carbocycles. The van der Waals surface area contributed by atoms with E-state index >= 15 is 0 Å². The molecule has 1 fully saturated rings. The molecule has 0 aliphatic carbocycles. The van der Waals surface area contributed by atoms with Gasteiger partial charge in [-0.15, -0.1) is 0 Å². The fraction of sp³-hybridized carbons (Fsp3) is 0.500. The minimum absolute atomic E-state index is 0.193. The quantitative estimate of drug-likeness (QED) is 0.123. The van der Waals surface area contributed by atoms with E-state index in [0.717, 1.165) is 27.7 Å². The van der Waals surface area contributed by atoms with E-state index in [4.69, 9.17) is 37.9 Å². The van der Waals surface area contributed by atoms with Crippen molar-refractivity contribution in [3.8, 4) is 28.7 Å². The van der Waals surface area contributed by atoms with Crippen molar-refractivity contribution in [1.82, 2.24) is 9.62 Å². The summed E-state index contributed by atoms with van der Waals surface area (Å²) in [6, 6.07) is 5.65. The van der Waals surface area contributed by atoms with Crippen LogP contribution in [0.15, 0.2) is 24.3 Å². The van der Waals surface area contributed by atoms with E-state index in [-0.39, 0.29) is 24.5 Å². The lowest BCUT2D eigenvalue weighted by Gasteiger charge is -2.44. The van der Waals surface area contributed by atoms with Crippen molar-refractivity contribution in [2.24, 2.45) is 0 Å². The van der Waals surface area contributed by atoms with E-state index in [9.17, 15) is 34.2 Å². The van der Waals surface area contributed by atoms with Crippen LogP contribution in [0.3, 0.4) is 0 Å². The summed E-state index contributed by atoms with van der Waals surface area (Å²) < 4.78 is 46.9. The molecule has 3 N–H and O–H groups in total. The molecular weight excluding hydrogens is 708 g/mol. The van der Waals surface area contributed by atoms with E-state index in [1.807, 2.05) is 0 Å². The predicted molar refractivity (Wildman–Crippen MR) is 181 cm³/mol. The number of phenols is 2. The maximum atomic E-state index is 14.1. The van der Waals surface area contributed by atoms with Gasteiger partial charge in [0.2, 0.25) is 5.75 Å². The van der Waals surface area contributed by atoms with Crippen molar-refractivity contribution in [2.45, 2.75) is 77.2 Å². The second-order valence-electron chi connectivity index (χ2n) is 11.8. The molecule has 4 rings (SSSR count). The number of nitrogens with one attached hydrogen (secondary N) is 1. The number of hydrogen-bond donors (Lipinski definition) is 3. The Kier molecular flexibility index (Phi) is 13.4. The van der Waals surface area contributed by atoms with E-state index in [1.165, 1.54) is 33.5 Å². The molecule has 0 aromatic heterocycles. The average Bonchev–Trinajstić information content (AvgIpc) is 3.08. The number of rotatable bonds is 12. The van der Waals surface area contributed by atoms with Crippen LogP contribution in [0, 0.1) is 0 Å². The van der Waals surface area contributed by atoms with Gasteiger partial charge in [0.1, 0.15) is 12.7 Å². The zero-order valence-corrected chi connectivity index (χ0v) is 30.5. The second kappa shape index (κ2) is 17.5. The summed E-state index contributed by atoms with van der Waals surface area (Å²) in [5.74, 6) is -2.57. The summed E-state index contributed by atoms with van der Waals surface area (Å²) in [7, 11) is 4.43. The van der Waals surface area contributed by atoms with E-state index < -0.39 is 72.4 Å². The molecule has 0 saturated carbocycles. The molecule has 0 bridgehead atoms. The third-order valence-corrected chi connectivity index (χ3v) is 8.99. The lowest BCUT2D eigenvalue weighted by molar-refractivity contribution is -0.253. The number of carbonyl (C=O) groups is 5. The minimum Gasteiger partial charge on any atom is -0.504 e. The molecule has 17 nitrogen and oxygen atoms in total. The maximum Gasteiger partial charge on any atom is 0.303 e. The van der Waals surface area contributed by atoms with Gasteiger partial charge < -0.3 is 53.0 Å². The summed E-state index contributed by atoms with van der Waals surface area (Å²) >= 11 is 0.584. The molecule has 2 aromatic rings. The number of fused-ring (bicyclic) bond motifs is 1. The van der Waals surface area contributed by atoms with E-state index in [2.05, 4.69) is 4.72 Å². The number of phenolic OH excluding ortho intramolecular Hbond substituents is 2. The summed E-state index contributed by atoms with van der Waals surface area (Å²) in [5.41, 5.74) is 1.99. The monoisotopic (exact) mass is 750 g/mol. The number of amides is 1. The van der Waals surface area contributed by atoms with Crippen molar-refractivity contribution < 1.29 is 72.1 Å².